The zero-order valence-electron chi connectivity index (χ0n) is 15.5. The van der Waals surface area contributed by atoms with E-state index in [1.807, 2.05) is 42.5 Å². The first-order valence-corrected chi connectivity index (χ1v) is 10.3. The number of fused-ring (bicyclic) bond motifs is 2. The van der Waals surface area contributed by atoms with Crippen molar-refractivity contribution in [3.8, 4) is 11.5 Å². The van der Waals surface area contributed by atoms with E-state index >= 15 is 0 Å². The van der Waals surface area contributed by atoms with Crippen molar-refractivity contribution in [2.45, 2.75) is 37.3 Å². The van der Waals surface area contributed by atoms with Crippen LogP contribution < -0.4 is 20.1 Å². The predicted molar refractivity (Wildman–Crippen MR) is 109 cm³/mol. The van der Waals surface area contributed by atoms with Gasteiger partial charge in [0.1, 0.15) is 17.1 Å². The van der Waals surface area contributed by atoms with E-state index in [-0.39, 0.29) is 17.7 Å². The molecule has 28 heavy (non-hydrogen) atoms. The molecule has 1 aliphatic carbocycles. The number of urea groups is 1. The largest absolute Gasteiger partial charge is 0.497 e. The molecule has 144 valence electrons. The number of hydrogen-bond donors (Lipinski definition) is 2. The summed E-state index contributed by atoms with van der Waals surface area (Å²) in [6.07, 6.45) is 4.06. The van der Waals surface area contributed by atoms with Crippen LogP contribution in [0.5, 0.6) is 11.5 Å². The molecule has 1 saturated carbocycles. The molecule has 7 heteroatoms. The van der Waals surface area contributed by atoms with E-state index in [4.69, 9.17) is 9.47 Å². The number of rotatable bonds is 3. The number of ether oxygens (including phenoxy) is 2. The van der Waals surface area contributed by atoms with Crippen LogP contribution >= 0.6 is 11.3 Å². The van der Waals surface area contributed by atoms with Crippen LogP contribution in [-0.2, 0) is 0 Å². The summed E-state index contributed by atoms with van der Waals surface area (Å²) in [5.74, 6) is 1.66. The van der Waals surface area contributed by atoms with Gasteiger partial charge in [0.2, 0.25) is 0 Å². The fourth-order valence-electron chi connectivity index (χ4n) is 4.00. The van der Waals surface area contributed by atoms with Crippen molar-refractivity contribution in [1.82, 2.24) is 10.3 Å². The van der Waals surface area contributed by atoms with Crippen LogP contribution in [0.2, 0.25) is 0 Å². The molecule has 1 aromatic heterocycles. The van der Waals surface area contributed by atoms with Gasteiger partial charge < -0.3 is 14.8 Å². The highest BCUT2D eigenvalue weighted by atomic mass is 32.1. The third-order valence-electron chi connectivity index (χ3n) is 5.58. The van der Waals surface area contributed by atoms with Gasteiger partial charge in [0.25, 0.3) is 0 Å². The molecule has 3 aromatic rings. The number of thiazole rings is 1. The summed E-state index contributed by atoms with van der Waals surface area (Å²) in [4.78, 5) is 17.2. The minimum Gasteiger partial charge on any atom is -0.497 e. The number of hydrogen-bond acceptors (Lipinski definition) is 5. The molecule has 0 radical (unpaired) electrons. The first-order chi connectivity index (χ1) is 13.6. The number of amides is 2. The molecule has 2 N–H and O–H groups in total. The third-order valence-corrected chi connectivity index (χ3v) is 6.52. The predicted octanol–water partition coefficient (Wildman–Crippen LogP) is 4.87. The van der Waals surface area contributed by atoms with E-state index in [1.54, 1.807) is 7.11 Å². The van der Waals surface area contributed by atoms with Crippen LogP contribution in [0, 0.1) is 0 Å². The maximum absolute atomic E-state index is 12.7. The number of carbonyl (C=O) groups excluding carboxylic acids is 1. The Kier molecular flexibility index (Phi) is 4.12. The average molecular weight is 395 g/mol. The van der Waals surface area contributed by atoms with Gasteiger partial charge >= 0.3 is 6.03 Å². The summed E-state index contributed by atoms with van der Waals surface area (Å²) < 4.78 is 12.5. The normalized spacial score (nSPS) is 19.4. The molecule has 1 spiro atoms. The molecule has 1 atom stereocenters. The van der Waals surface area contributed by atoms with Crippen molar-refractivity contribution < 1.29 is 14.3 Å². The second-order valence-corrected chi connectivity index (χ2v) is 8.41. The molecule has 5 rings (SSSR count). The monoisotopic (exact) mass is 395 g/mol. The van der Waals surface area contributed by atoms with Crippen molar-refractivity contribution in [1.29, 1.82) is 0 Å². The Morgan fingerprint density at radius 3 is 2.93 bits per heavy atom. The lowest BCUT2D eigenvalue weighted by Crippen LogP contribution is -2.50. The van der Waals surface area contributed by atoms with E-state index in [2.05, 4.69) is 15.6 Å². The first-order valence-electron chi connectivity index (χ1n) is 9.44. The maximum atomic E-state index is 12.7. The highest BCUT2D eigenvalue weighted by molar-refractivity contribution is 7.22. The fourth-order valence-corrected chi connectivity index (χ4v) is 4.89. The molecule has 6 nitrogen and oxygen atoms in total. The Labute approximate surface area is 166 Å². The van der Waals surface area contributed by atoms with Crippen molar-refractivity contribution in [3.05, 3.63) is 48.0 Å². The lowest BCUT2D eigenvalue weighted by molar-refractivity contribution is -0.0354. The van der Waals surface area contributed by atoms with Gasteiger partial charge in [0.15, 0.2) is 5.13 Å². The van der Waals surface area contributed by atoms with Gasteiger partial charge in [-0.25, -0.2) is 9.78 Å². The van der Waals surface area contributed by atoms with Crippen LogP contribution in [0.15, 0.2) is 42.5 Å². The highest BCUT2D eigenvalue weighted by Crippen LogP contribution is 2.48. The molecule has 2 aromatic carbocycles. The van der Waals surface area contributed by atoms with Gasteiger partial charge in [-0.05, 0) is 43.5 Å². The van der Waals surface area contributed by atoms with Crippen molar-refractivity contribution in [2.24, 2.45) is 0 Å². The average Bonchev–Trinajstić information content (AvgIpc) is 3.07. The molecular weight excluding hydrogens is 374 g/mol. The zero-order chi connectivity index (χ0) is 19.1. The number of para-hydroxylation sites is 1. The maximum Gasteiger partial charge on any atom is 0.321 e. The summed E-state index contributed by atoms with van der Waals surface area (Å²) in [5, 5.41) is 6.58. The van der Waals surface area contributed by atoms with Crippen molar-refractivity contribution >= 4 is 32.7 Å². The van der Waals surface area contributed by atoms with Gasteiger partial charge in [0.05, 0.1) is 23.4 Å². The number of nitrogens with one attached hydrogen (secondary N) is 2. The van der Waals surface area contributed by atoms with Crippen molar-refractivity contribution in [3.63, 3.8) is 0 Å². The Morgan fingerprint density at radius 1 is 1.29 bits per heavy atom. The van der Waals surface area contributed by atoms with Crippen LogP contribution in [0.3, 0.4) is 0 Å². The molecule has 2 heterocycles. The second kappa shape index (κ2) is 6.67. The van der Waals surface area contributed by atoms with Gasteiger partial charge in [-0.15, -0.1) is 0 Å². The van der Waals surface area contributed by atoms with Crippen LogP contribution in [0.4, 0.5) is 9.93 Å². The third kappa shape index (κ3) is 3.05. The number of methoxy groups -OCH3 is 1. The van der Waals surface area contributed by atoms with Crippen molar-refractivity contribution in [2.75, 3.05) is 12.4 Å². The van der Waals surface area contributed by atoms with Crippen LogP contribution in [0.25, 0.3) is 10.2 Å². The SMILES string of the molecule is COc1ccc2nc(NC(=O)NC3CC4(CCC4)Oc4ccccc43)sc2c1. The number of aromatic nitrogens is 1. The molecule has 0 bridgehead atoms. The van der Waals surface area contributed by atoms with E-state index in [1.165, 1.54) is 17.8 Å². The Balaban J connectivity index is 1.34. The molecular formula is C21H21N3O3S. The van der Waals surface area contributed by atoms with E-state index in [9.17, 15) is 4.79 Å². The number of anilines is 1. The zero-order valence-corrected chi connectivity index (χ0v) is 16.3. The molecule has 0 saturated heterocycles. The van der Waals surface area contributed by atoms with Gasteiger partial charge in [-0.2, -0.15) is 0 Å². The summed E-state index contributed by atoms with van der Waals surface area (Å²) in [6, 6.07) is 13.3. The van der Waals surface area contributed by atoms with Crippen LogP contribution in [0.1, 0.15) is 37.3 Å². The topological polar surface area (TPSA) is 72.5 Å². The minimum atomic E-state index is -0.248. The van der Waals surface area contributed by atoms with E-state index < -0.39 is 0 Å². The van der Waals surface area contributed by atoms with Gasteiger partial charge in [-0.3, -0.25) is 5.32 Å². The molecule has 2 amide bonds. The molecule has 1 aliphatic heterocycles. The fraction of sp³-hybridized carbons (Fsp3) is 0.333. The van der Waals surface area contributed by atoms with E-state index in [0.717, 1.165) is 46.5 Å². The lowest BCUT2D eigenvalue weighted by Gasteiger charge is -2.47. The smallest absolute Gasteiger partial charge is 0.321 e. The summed E-state index contributed by atoms with van der Waals surface area (Å²) >= 11 is 1.43. The Morgan fingerprint density at radius 2 is 2.14 bits per heavy atom. The standard InChI is InChI=1S/C21H21N3O3S/c1-26-13-7-8-15-18(11-13)28-20(23-15)24-19(25)22-16-12-21(9-4-10-21)27-17-6-3-2-5-14(16)17/h2-3,5-8,11,16H,4,9-10,12H2,1H3,(H2,22,23,24,25). The molecule has 1 unspecified atom stereocenters. The summed E-state index contributed by atoms with van der Waals surface area (Å²) in [7, 11) is 1.63. The number of nitrogens with zero attached hydrogens (tertiary/aromatic N) is 1. The minimum absolute atomic E-state index is 0.0697. The lowest BCUT2D eigenvalue weighted by atomic mass is 9.73. The first kappa shape index (κ1) is 17.3. The quantitative estimate of drug-likeness (QED) is 0.663. The Hall–Kier alpha value is -2.80. The highest BCUT2D eigenvalue weighted by Gasteiger charge is 2.45. The molecule has 1 fully saturated rings. The van der Waals surface area contributed by atoms with Crippen LogP contribution in [-0.4, -0.2) is 23.7 Å². The molecule has 2 aliphatic rings. The van der Waals surface area contributed by atoms with Gasteiger partial charge in [-0.1, -0.05) is 29.5 Å². The van der Waals surface area contributed by atoms with Gasteiger partial charge in [0, 0.05) is 12.0 Å². The number of carbonyl (C=O) groups is 1. The Bertz CT molecular complexity index is 1040. The van der Waals surface area contributed by atoms with E-state index in [0.29, 0.717) is 5.13 Å². The number of benzene rings is 2. The summed E-state index contributed by atoms with van der Waals surface area (Å²) in [6.45, 7) is 0. The second-order valence-electron chi connectivity index (χ2n) is 7.38. The summed E-state index contributed by atoms with van der Waals surface area (Å²) in [5.41, 5.74) is 1.74.